The number of nitrogens with one attached hydrogen (secondary N) is 1. The molecule has 1 aromatic rings. The Morgan fingerprint density at radius 2 is 1.93 bits per heavy atom. The van der Waals surface area contributed by atoms with Gasteiger partial charge in [-0.3, -0.25) is 14.4 Å². The summed E-state index contributed by atoms with van der Waals surface area (Å²) >= 11 is 0. The maximum absolute atomic E-state index is 12.4. The maximum Gasteiger partial charge on any atom is 0.305 e. The molecule has 152 valence electrons. The van der Waals surface area contributed by atoms with Crippen LogP contribution in [0.4, 0.5) is 5.69 Å². The van der Waals surface area contributed by atoms with Gasteiger partial charge >= 0.3 is 5.97 Å². The molecule has 0 bridgehead atoms. The molecule has 7 heteroatoms. The number of para-hydroxylation sites is 1. The monoisotopic (exact) mass is 396 g/mol. The van der Waals surface area contributed by atoms with Gasteiger partial charge in [-0.1, -0.05) is 37.5 Å². The van der Waals surface area contributed by atoms with E-state index < -0.39 is 10.0 Å². The first-order valence-corrected chi connectivity index (χ1v) is 11.5. The molecule has 0 unspecified atom stereocenters. The molecule has 1 N–H and O–H groups in total. The van der Waals surface area contributed by atoms with E-state index in [1.807, 2.05) is 18.2 Å². The summed E-state index contributed by atoms with van der Waals surface area (Å²) < 4.78 is 32.3. The first-order chi connectivity index (χ1) is 12.9. The Balaban J connectivity index is 1.94. The van der Waals surface area contributed by atoms with Gasteiger partial charge in [0.1, 0.15) is 0 Å². The van der Waals surface area contributed by atoms with Crippen molar-refractivity contribution < 1.29 is 17.9 Å². The quantitative estimate of drug-likeness (QED) is 0.612. The predicted octanol–water partition coefficient (Wildman–Crippen LogP) is 3.54. The fourth-order valence-electron chi connectivity index (χ4n) is 3.54. The fraction of sp³-hybridized carbons (Fsp3) is 0.650. The third kappa shape index (κ3) is 7.50. The molecule has 0 aliphatic heterocycles. The van der Waals surface area contributed by atoms with Crippen molar-refractivity contribution in [3.8, 4) is 0 Å². The molecule has 1 aliphatic carbocycles. The fourth-order valence-corrected chi connectivity index (χ4v) is 4.70. The first-order valence-electron chi connectivity index (χ1n) is 9.85. The van der Waals surface area contributed by atoms with E-state index in [0.29, 0.717) is 24.9 Å². The summed E-state index contributed by atoms with van der Waals surface area (Å²) in [6, 6.07) is 8.10. The third-order valence-corrected chi connectivity index (χ3v) is 6.36. The molecule has 1 aliphatic rings. The van der Waals surface area contributed by atoms with Crippen molar-refractivity contribution in [2.24, 2.45) is 0 Å². The second kappa shape index (κ2) is 10.7. The Morgan fingerprint density at radius 3 is 2.63 bits per heavy atom. The normalized spacial score (nSPS) is 15.7. The number of rotatable bonds is 10. The Labute approximate surface area is 163 Å². The number of carbonyl (C=O) groups excluding carboxylic acids is 1. The van der Waals surface area contributed by atoms with Gasteiger partial charge in [0.25, 0.3) is 0 Å². The number of ether oxygens (including phenoxy) is 1. The minimum atomic E-state index is -3.50. The molecule has 27 heavy (non-hydrogen) atoms. The Kier molecular flexibility index (Phi) is 8.57. The smallest absolute Gasteiger partial charge is 0.305 e. The van der Waals surface area contributed by atoms with Gasteiger partial charge < -0.3 is 4.74 Å². The highest BCUT2D eigenvalue weighted by atomic mass is 32.2. The van der Waals surface area contributed by atoms with Gasteiger partial charge in [-0.25, -0.2) is 8.42 Å². The number of benzene rings is 1. The Morgan fingerprint density at radius 1 is 1.22 bits per heavy atom. The van der Waals surface area contributed by atoms with Crippen molar-refractivity contribution in [1.82, 2.24) is 4.90 Å². The lowest BCUT2D eigenvalue weighted by molar-refractivity contribution is -0.143. The van der Waals surface area contributed by atoms with Crippen LogP contribution >= 0.6 is 0 Å². The van der Waals surface area contributed by atoms with Crippen LogP contribution in [-0.4, -0.2) is 44.7 Å². The minimum absolute atomic E-state index is 0.0986. The molecule has 6 nitrogen and oxygen atoms in total. The summed E-state index contributed by atoms with van der Waals surface area (Å²) in [7, 11) is -1.39. The zero-order chi connectivity index (χ0) is 19.7. The topological polar surface area (TPSA) is 75.7 Å². The average Bonchev–Trinajstić information content (AvgIpc) is 2.64. The predicted molar refractivity (Wildman–Crippen MR) is 108 cm³/mol. The molecule has 1 saturated carbocycles. The van der Waals surface area contributed by atoms with Gasteiger partial charge in [-0.05, 0) is 44.9 Å². The molecule has 1 fully saturated rings. The van der Waals surface area contributed by atoms with Crippen LogP contribution < -0.4 is 4.72 Å². The molecule has 0 saturated heterocycles. The van der Waals surface area contributed by atoms with Crippen molar-refractivity contribution in [3.05, 3.63) is 29.8 Å². The highest BCUT2D eigenvalue weighted by Crippen LogP contribution is 2.25. The second-order valence-electron chi connectivity index (χ2n) is 7.19. The van der Waals surface area contributed by atoms with E-state index in [2.05, 4.69) is 16.7 Å². The van der Waals surface area contributed by atoms with E-state index in [0.717, 1.165) is 5.56 Å². The number of carbonyl (C=O) groups is 1. The van der Waals surface area contributed by atoms with Crippen molar-refractivity contribution in [3.63, 3.8) is 0 Å². The van der Waals surface area contributed by atoms with Gasteiger partial charge in [0, 0.05) is 19.0 Å². The largest absolute Gasteiger partial charge is 0.466 e. The molecular formula is C20H32N2O4S. The summed E-state index contributed by atoms with van der Waals surface area (Å²) in [5, 5.41) is 0. The Bertz CT molecular complexity index is 700. The summed E-state index contributed by atoms with van der Waals surface area (Å²) in [5.74, 6) is -0.458. The molecule has 0 spiro atoms. The lowest BCUT2D eigenvalue weighted by Crippen LogP contribution is -2.33. The molecular weight excluding hydrogens is 364 g/mol. The van der Waals surface area contributed by atoms with E-state index in [1.165, 1.54) is 32.1 Å². The van der Waals surface area contributed by atoms with E-state index >= 15 is 0 Å². The van der Waals surface area contributed by atoms with Crippen LogP contribution in [0.5, 0.6) is 0 Å². The van der Waals surface area contributed by atoms with Crippen LogP contribution in [0.25, 0.3) is 0 Å². The summed E-state index contributed by atoms with van der Waals surface area (Å²) in [4.78, 5) is 13.7. The van der Waals surface area contributed by atoms with Crippen LogP contribution in [0.2, 0.25) is 0 Å². The van der Waals surface area contributed by atoms with Crippen LogP contribution in [0, 0.1) is 0 Å². The number of nitrogens with zero attached hydrogens (tertiary/aromatic N) is 1. The zero-order valence-corrected chi connectivity index (χ0v) is 17.3. The molecule has 0 aromatic heterocycles. The molecule has 0 radical (unpaired) electrons. The lowest BCUT2D eigenvalue weighted by atomic mass is 9.94. The second-order valence-corrected chi connectivity index (χ2v) is 9.04. The molecule has 2 rings (SSSR count). The summed E-state index contributed by atoms with van der Waals surface area (Å²) in [6.45, 7) is 2.76. The highest BCUT2D eigenvalue weighted by molar-refractivity contribution is 7.92. The van der Waals surface area contributed by atoms with Crippen molar-refractivity contribution >= 4 is 21.7 Å². The Hall–Kier alpha value is -1.60. The van der Waals surface area contributed by atoms with Gasteiger partial charge in [-0.15, -0.1) is 0 Å². The van der Waals surface area contributed by atoms with Gasteiger partial charge in [-0.2, -0.15) is 0 Å². The first kappa shape index (κ1) is 21.7. The molecule has 0 atom stereocenters. The number of esters is 1. The third-order valence-electron chi connectivity index (χ3n) is 5.00. The van der Waals surface area contributed by atoms with Crippen LogP contribution in [0.1, 0.15) is 57.4 Å². The van der Waals surface area contributed by atoms with E-state index in [9.17, 15) is 13.2 Å². The van der Waals surface area contributed by atoms with Gasteiger partial charge in [0.05, 0.1) is 18.0 Å². The lowest BCUT2D eigenvalue weighted by Gasteiger charge is -2.31. The molecule has 0 amide bonds. The SMILES string of the molecule is CCOC(=O)CCCS(=O)(=O)Nc1ccccc1CN(C)C1CCCCC1. The average molecular weight is 397 g/mol. The van der Waals surface area contributed by atoms with E-state index in [-0.39, 0.29) is 24.6 Å². The standard InChI is InChI=1S/C20H32N2O4S/c1-3-26-20(23)14-9-15-27(24,25)21-19-13-8-7-10-17(19)16-22(2)18-11-5-4-6-12-18/h7-8,10,13,18,21H,3-6,9,11-12,14-16H2,1-2H3. The summed E-state index contributed by atoms with van der Waals surface area (Å²) in [6.07, 6.45) is 6.62. The number of hydrogen-bond acceptors (Lipinski definition) is 5. The van der Waals surface area contributed by atoms with Crippen LogP contribution in [0.15, 0.2) is 24.3 Å². The van der Waals surface area contributed by atoms with E-state index in [1.54, 1.807) is 13.0 Å². The van der Waals surface area contributed by atoms with Crippen LogP contribution in [0.3, 0.4) is 0 Å². The van der Waals surface area contributed by atoms with Gasteiger partial charge in [0.2, 0.25) is 10.0 Å². The summed E-state index contributed by atoms with van der Waals surface area (Å²) in [5.41, 5.74) is 1.59. The molecule has 0 heterocycles. The maximum atomic E-state index is 12.4. The number of hydrogen-bond donors (Lipinski definition) is 1. The minimum Gasteiger partial charge on any atom is -0.466 e. The zero-order valence-electron chi connectivity index (χ0n) is 16.4. The van der Waals surface area contributed by atoms with Crippen molar-refractivity contribution in [2.75, 3.05) is 24.1 Å². The van der Waals surface area contributed by atoms with Crippen molar-refractivity contribution in [2.45, 2.75) is 64.5 Å². The number of anilines is 1. The van der Waals surface area contributed by atoms with Crippen molar-refractivity contribution in [1.29, 1.82) is 0 Å². The number of sulfonamides is 1. The van der Waals surface area contributed by atoms with Gasteiger partial charge in [0.15, 0.2) is 0 Å². The van der Waals surface area contributed by atoms with Crippen LogP contribution in [-0.2, 0) is 26.1 Å². The highest BCUT2D eigenvalue weighted by Gasteiger charge is 2.20. The molecule has 1 aromatic carbocycles. The van der Waals surface area contributed by atoms with E-state index in [4.69, 9.17) is 4.74 Å².